The van der Waals surface area contributed by atoms with Crippen molar-refractivity contribution in [3.63, 3.8) is 0 Å². The van der Waals surface area contributed by atoms with Gasteiger partial charge in [-0.05, 0) is 39.9 Å². The average molecular weight is 212 g/mol. The Labute approximate surface area is 92.9 Å². The molecule has 4 heteroatoms. The summed E-state index contributed by atoms with van der Waals surface area (Å²) in [7, 11) is 2.05. The third kappa shape index (κ3) is 3.18. The topological polar surface area (TPSA) is 56.4 Å². The first-order valence-electron chi connectivity index (χ1n) is 5.84. The summed E-state index contributed by atoms with van der Waals surface area (Å²) < 4.78 is 0. The second kappa shape index (κ2) is 5.47. The number of hydrogen-bond acceptors (Lipinski definition) is 3. The number of nitrogens with zero attached hydrogens (tertiary/aromatic N) is 2. The molecule has 3 N–H and O–H groups in total. The molecule has 2 unspecified atom stereocenters. The van der Waals surface area contributed by atoms with Crippen molar-refractivity contribution in [2.75, 3.05) is 26.7 Å². The van der Waals surface area contributed by atoms with Gasteiger partial charge in [0.2, 0.25) is 0 Å². The third-order valence-corrected chi connectivity index (χ3v) is 3.52. The predicted molar refractivity (Wildman–Crippen MR) is 64.3 cm³/mol. The first-order chi connectivity index (χ1) is 7.06. The van der Waals surface area contributed by atoms with E-state index in [-0.39, 0.29) is 11.9 Å². The molecular weight excluding hydrogens is 188 g/mol. The number of rotatable bonds is 5. The Hall–Kier alpha value is -0.610. The molecular formula is C11H24N4. The van der Waals surface area contributed by atoms with Crippen molar-refractivity contribution in [2.45, 2.75) is 38.8 Å². The van der Waals surface area contributed by atoms with Gasteiger partial charge in [-0.15, -0.1) is 0 Å². The molecule has 0 amide bonds. The Balaban J connectivity index is 2.43. The fourth-order valence-corrected chi connectivity index (χ4v) is 2.25. The quantitative estimate of drug-likeness (QED) is 0.522. The molecule has 0 spiro atoms. The number of likely N-dealkylation sites (tertiary alicyclic amines) is 1. The van der Waals surface area contributed by atoms with Gasteiger partial charge in [-0.1, -0.05) is 6.92 Å². The monoisotopic (exact) mass is 212 g/mol. The van der Waals surface area contributed by atoms with Crippen LogP contribution in [0.1, 0.15) is 26.7 Å². The van der Waals surface area contributed by atoms with E-state index in [1.807, 2.05) is 6.92 Å². The molecule has 1 fully saturated rings. The van der Waals surface area contributed by atoms with Crippen LogP contribution in [0.3, 0.4) is 0 Å². The summed E-state index contributed by atoms with van der Waals surface area (Å²) in [6.45, 7) is 7.59. The van der Waals surface area contributed by atoms with Crippen LogP contribution in [0, 0.1) is 5.41 Å². The smallest absolute Gasteiger partial charge is 0.108 e. The van der Waals surface area contributed by atoms with Crippen LogP contribution in [-0.4, -0.2) is 54.4 Å². The average Bonchev–Trinajstić information content (AvgIpc) is 2.63. The summed E-state index contributed by atoms with van der Waals surface area (Å²) in [4.78, 5) is 4.70. The van der Waals surface area contributed by atoms with Crippen molar-refractivity contribution in [3.05, 3.63) is 0 Å². The summed E-state index contributed by atoms with van der Waals surface area (Å²) in [5.74, 6) is 0.263. The highest BCUT2D eigenvalue weighted by molar-refractivity contribution is 5.82. The number of nitrogens with two attached hydrogens (primary N) is 1. The fraction of sp³-hybridized carbons (Fsp3) is 0.909. The fourth-order valence-electron chi connectivity index (χ4n) is 2.25. The highest BCUT2D eigenvalue weighted by Gasteiger charge is 2.25. The van der Waals surface area contributed by atoms with Crippen LogP contribution in [-0.2, 0) is 0 Å². The van der Waals surface area contributed by atoms with Gasteiger partial charge >= 0.3 is 0 Å². The summed E-state index contributed by atoms with van der Waals surface area (Å²) in [5, 5.41) is 7.42. The highest BCUT2D eigenvalue weighted by atomic mass is 15.2. The van der Waals surface area contributed by atoms with Crippen LogP contribution in [0.2, 0.25) is 0 Å². The van der Waals surface area contributed by atoms with Crippen molar-refractivity contribution in [2.24, 2.45) is 5.73 Å². The van der Waals surface area contributed by atoms with E-state index in [2.05, 4.69) is 23.8 Å². The van der Waals surface area contributed by atoms with E-state index in [0.29, 0.717) is 6.04 Å². The maximum Gasteiger partial charge on any atom is 0.108 e. The van der Waals surface area contributed by atoms with Crippen LogP contribution >= 0.6 is 0 Å². The summed E-state index contributed by atoms with van der Waals surface area (Å²) in [6, 6.07) is 0.714. The predicted octanol–water partition coefficient (Wildman–Crippen LogP) is 0.727. The molecule has 0 aromatic carbocycles. The van der Waals surface area contributed by atoms with Crippen molar-refractivity contribution < 1.29 is 0 Å². The molecule has 0 saturated carbocycles. The zero-order valence-corrected chi connectivity index (χ0v) is 10.2. The highest BCUT2D eigenvalue weighted by Crippen LogP contribution is 2.17. The molecule has 1 aliphatic rings. The second-order valence-electron chi connectivity index (χ2n) is 4.50. The first-order valence-corrected chi connectivity index (χ1v) is 5.84. The van der Waals surface area contributed by atoms with E-state index in [0.717, 1.165) is 13.1 Å². The number of likely N-dealkylation sites (N-methyl/N-ethyl adjacent to an activating group) is 2. The lowest BCUT2D eigenvalue weighted by atomic mass is 10.2. The van der Waals surface area contributed by atoms with Gasteiger partial charge in [0.1, 0.15) is 5.84 Å². The lowest BCUT2D eigenvalue weighted by Crippen LogP contribution is -2.46. The van der Waals surface area contributed by atoms with Gasteiger partial charge in [0.15, 0.2) is 0 Å². The van der Waals surface area contributed by atoms with E-state index in [4.69, 9.17) is 11.1 Å². The molecule has 1 rings (SSSR count). The van der Waals surface area contributed by atoms with Gasteiger partial charge in [-0.25, -0.2) is 0 Å². The Kier molecular flexibility index (Phi) is 4.54. The van der Waals surface area contributed by atoms with Crippen LogP contribution in [0.4, 0.5) is 0 Å². The van der Waals surface area contributed by atoms with Gasteiger partial charge in [-0.2, -0.15) is 0 Å². The van der Waals surface area contributed by atoms with Crippen LogP contribution in [0.5, 0.6) is 0 Å². The number of amidine groups is 1. The molecule has 2 atom stereocenters. The SMILES string of the molecule is CCN1CCCC1CN(C)C(C)C(=N)N. The number of hydrogen-bond donors (Lipinski definition) is 2. The normalized spacial score (nSPS) is 24.7. The van der Waals surface area contributed by atoms with Crippen molar-refractivity contribution in [1.82, 2.24) is 9.80 Å². The maximum atomic E-state index is 7.42. The number of nitrogens with one attached hydrogen (secondary N) is 1. The van der Waals surface area contributed by atoms with Crippen LogP contribution < -0.4 is 5.73 Å². The molecule has 0 aliphatic carbocycles. The Morgan fingerprint density at radius 1 is 1.67 bits per heavy atom. The molecule has 1 saturated heterocycles. The first kappa shape index (κ1) is 12.5. The zero-order chi connectivity index (χ0) is 11.4. The Morgan fingerprint density at radius 2 is 2.33 bits per heavy atom. The maximum absolute atomic E-state index is 7.42. The van der Waals surface area contributed by atoms with E-state index >= 15 is 0 Å². The minimum absolute atomic E-state index is 0.0595. The molecule has 0 bridgehead atoms. The van der Waals surface area contributed by atoms with Crippen LogP contribution in [0.15, 0.2) is 0 Å². The van der Waals surface area contributed by atoms with Crippen molar-refractivity contribution in [3.8, 4) is 0 Å². The van der Waals surface area contributed by atoms with Gasteiger partial charge in [0.25, 0.3) is 0 Å². The molecule has 1 heterocycles. The summed E-state index contributed by atoms with van der Waals surface area (Å²) >= 11 is 0. The molecule has 1 aliphatic heterocycles. The van der Waals surface area contributed by atoms with Gasteiger partial charge in [0.05, 0.1) is 6.04 Å². The minimum atomic E-state index is 0.0595. The molecule has 0 radical (unpaired) electrons. The largest absolute Gasteiger partial charge is 0.386 e. The Morgan fingerprint density at radius 3 is 2.87 bits per heavy atom. The summed E-state index contributed by atoms with van der Waals surface area (Å²) in [6.07, 6.45) is 2.59. The van der Waals surface area contributed by atoms with Gasteiger partial charge < -0.3 is 5.73 Å². The van der Waals surface area contributed by atoms with E-state index in [1.54, 1.807) is 0 Å². The molecule has 0 aromatic rings. The van der Waals surface area contributed by atoms with E-state index < -0.39 is 0 Å². The van der Waals surface area contributed by atoms with Crippen molar-refractivity contribution in [1.29, 1.82) is 5.41 Å². The standard InChI is InChI=1S/C11H24N4/c1-4-15-7-5-6-10(15)8-14(3)9(2)11(12)13/h9-10H,4-8H2,1-3H3,(H3,12,13). The van der Waals surface area contributed by atoms with Gasteiger partial charge in [-0.3, -0.25) is 15.2 Å². The summed E-state index contributed by atoms with van der Waals surface area (Å²) in [5.41, 5.74) is 5.51. The Bertz CT molecular complexity index is 217. The molecule has 15 heavy (non-hydrogen) atoms. The van der Waals surface area contributed by atoms with Crippen molar-refractivity contribution >= 4 is 5.84 Å². The van der Waals surface area contributed by atoms with Gasteiger partial charge in [0, 0.05) is 12.6 Å². The zero-order valence-electron chi connectivity index (χ0n) is 10.2. The lowest BCUT2D eigenvalue weighted by molar-refractivity contribution is 0.189. The van der Waals surface area contributed by atoms with E-state index in [9.17, 15) is 0 Å². The van der Waals surface area contributed by atoms with Crippen LogP contribution in [0.25, 0.3) is 0 Å². The molecule has 88 valence electrons. The molecule has 0 aromatic heterocycles. The lowest BCUT2D eigenvalue weighted by Gasteiger charge is -2.30. The molecule has 4 nitrogen and oxygen atoms in total. The third-order valence-electron chi connectivity index (χ3n) is 3.52. The minimum Gasteiger partial charge on any atom is -0.386 e. The van der Waals surface area contributed by atoms with E-state index in [1.165, 1.54) is 19.4 Å². The second-order valence-corrected chi connectivity index (χ2v) is 4.50.